The standard InChI is InChI=1S/C22H17ClF2N4O2.C17H23NO2Si/c23-17-10-16(5-7-19(17)31-21(24)25)28-22-26-11-14(12-27-22)2-1-13-3-6-18-15(9-13)4-8-20(30)29-18;1-5-14-6-8-16-15(12-14)7-9-17(19)18(16)13-20-10-11-21(2,3)4/h3-12,21H,1-2H2,(H,29,30)(H,26,27,28);5-9,12H,1,10-11,13H2,2-4H3. The van der Waals surface area contributed by atoms with Crippen molar-refractivity contribution in [3.05, 3.63) is 140 Å². The molecule has 9 nitrogen and oxygen atoms in total. The molecule has 0 aliphatic heterocycles. The van der Waals surface area contributed by atoms with Crippen LogP contribution in [0.4, 0.5) is 20.4 Å². The molecule has 2 N–H and O–H groups in total. The van der Waals surface area contributed by atoms with Crippen molar-refractivity contribution in [1.82, 2.24) is 19.5 Å². The van der Waals surface area contributed by atoms with Gasteiger partial charge < -0.3 is 19.8 Å². The maximum Gasteiger partial charge on any atom is 0.387 e. The maximum atomic E-state index is 12.3. The Morgan fingerprint density at radius 3 is 2.38 bits per heavy atom. The van der Waals surface area contributed by atoms with Crippen molar-refractivity contribution in [2.75, 3.05) is 11.9 Å². The van der Waals surface area contributed by atoms with Gasteiger partial charge in [-0.05, 0) is 101 Å². The van der Waals surface area contributed by atoms with Gasteiger partial charge in [0.05, 0.1) is 10.5 Å². The highest BCUT2D eigenvalue weighted by Crippen LogP contribution is 2.30. The highest BCUT2D eigenvalue weighted by molar-refractivity contribution is 6.76. The summed E-state index contributed by atoms with van der Waals surface area (Å²) in [6, 6.07) is 24.1. The van der Waals surface area contributed by atoms with Gasteiger partial charge in [0.1, 0.15) is 12.5 Å². The fourth-order valence-electron chi connectivity index (χ4n) is 5.21. The van der Waals surface area contributed by atoms with Gasteiger partial charge in [0, 0.05) is 50.4 Å². The summed E-state index contributed by atoms with van der Waals surface area (Å²) < 4.78 is 36.3. The molecule has 0 spiro atoms. The molecule has 6 rings (SSSR count). The topological polar surface area (TPSA) is 111 Å². The first kappa shape index (κ1) is 38.1. The van der Waals surface area contributed by atoms with Gasteiger partial charge in [-0.2, -0.15) is 8.78 Å². The maximum absolute atomic E-state index is 12.3. The summed E-state index contributed by atoms with van der Waals surface area (Å²) in [6.45, 7) is 8.81. The molecule has 0 saturated heterocycles. The Morgan fingerprint density at radius 2 is 1.67 bits per heavy atom. The average Bonchev–Trinajstić information content (AvgIpc) is 3.11. The molecule has 0 bridgehead atoms. The van der Waals surface area contributed by atoms with Crippen LogP contribution in [-0.2, 0) is 24.3 Å². The van der Waals surface area contributed by atoms with Crippen LogP contribution in [0.5, 0.6) is 5.75 Å². The van der Waals surface area contributed by atoms with Gasteiger partial charge in [-0.25, -0.2) is 9.97 Å². The number of aryl methyl sites for hydroxylation is 2. The quantitative estimate of drug-likeness (QED) is 0.0897. The molecule has 0 radical (unpaired) electrons. The van der Waals surface area contributed by atoms with Crippen molar-refractivity contribution < 1.29 is 18.3 Å². The Morgan fingerprint density at radius 1 is 0.923 bits per heavy atom. The van der Waals surface area contributed by atoms with Crippen LogP contribution in [0, 0.1) is 0 Å². The van der Waals surface area contributed by atoms with Crippen LogP contribution >= 0.6 is 11.6 Å². The minimum absolute atomic E-state index is 0.0261. The molecule has 0 unspecified atom stereocenters. The summed E-state index contributed by atoms with van der Waals surface area (Å²) in [6.07, 6.45) is 6.81. The monoisotopic (exact) mass is 743 g/mol. The van der Waals surface area contributed by atoms with Gasteiger partial charge in [0.2, 0.25) is 11.5 Å². The molecule has 6 aromatic rings. The second-order valence-corrected chi connectivity index (χ2v) is 19.3. The second kappa shape index (κ2) is 17.4. The number of nitrogens with zero attached hydrogens (tertiary/aromatic N) is 3. The first-order valence-corrected chi connectivity index (χ1v) is 20.7. The highest BCUT2D eigenvalue weighted by Gasteiger charge is 2.13. The number of halogens is 3. The number of anilines is 2. The Balaban J connectivity index is 0.000000217. The fraction of sp³-hybridized carbons (Fsp3) is 0.231. The lowest BCUT2D eigenvalue weighted by molar-refractivity contribution is -0.0497. The lowest BCUT2D eigenvalue weighted by Gasteiger charge is -2.16. The van der Waals surface area contributed by atoms with Crippen LogP contribution in [0.25, 0.3) is 27.9 Å². The third kappa shape index (κ3) is 10.9. The first-order chi connectivity index (χ1) is 24.9. The molecule has 52 heavy (non-hydrogen) atoms. The molecule has 270 valence electrons. The molecule has 0 aliphatic rings. The minimum Gasteiger partial charge on any atom is -0.433 e. The number of hydrogen-bond acceptors (Lipinski definition) is 7. The van der Waals surface area contributed by atoms with Crippen LogP contribution in [-0.4, -0.2) is 40.8 Å². The van der Waals surface area contributed by atoms with E-state index in [-0.39, 0.29) is 21.9 Å². The van der Waals surface area contributed by atoms with Gasteiger partial charge in [0.25, 0.3) is 5.56 Å². The largest absolute Gasteiger partial charge is 0.433 e. The minimum atomic E-state index is -2.94. The lowest BCUT2D eigenvalue weighted by Crippen LogP contribution is -2.24. The number of fused-ring (bicyclic) bond motifs is 2. The van der Waals surface area contributed by atoms with Gasteiger partial charge in [-0.15, -0.1) is 0 Å². The number of nitrogens with one attached hydrogen (secondary N) is 2. The van der Waals surface area contributed by atoms with E-state index in [4.69, 9.17) is 16.3 Å². The number of H-pyrrole nitrogens is 1. The first-order valence-electron chi connectivity index (χ1n) is 16.6. The molecule has 0 saturated carbocycles. The number of pyridine rings is 2. The number of aromatic nitrogens is 4. The Bertz CT molecular complexity index is 2270. The molecule has 13 heteroatoms. The van der Waals surface area contributed by atoms with E-state index in [1.54, 1.807) is 41.2 Å². The summed E-state index contributed by atoms with van der Waals surface area (Å²) in [5.41, 5.74) is 5.27. The predicted molar refractivity (Wildman–Crippen MR) is 208 cm³/mol. The smallest absolute Gasteiger partial charge is 0.387 e. The summed E-state index contributed by atoms with van der Waals surface area (Å²) in [4.78, 5) is 34.8. The van der Waals surface area contributed by atoms with Crippen LogP contribution in [0.2, 0.25) is 30.7 Å². The zero-order valence-corrected chi connectivity index (χ0v) is 30.9. The van der Waals surface area contributed by atoms with E-state index in [0.717, 1.165) is 57.4 Å². The molecule has 0 amide bonds. The zero-order chi connectivity index (χ0) is 37.3. The van der Waals surface area contributed by atoms with Crippen LogP contribution in [0.1, 0.15) is 16.7 Å². The molecule has 3 heterocycles. The van der Waals surface area contributed by atoms with E-state index in [9.17, 15) is 18.4 Å². The summed E-state index contributed by atoms with van der Waals surface area (Å²) in [7, 11) is -1.10. The van der Waals surface area contributed by atoms with Crippen molar-refractivity contribution in [3.8, 4) is 5.75 Å². The van der Waals surface area contributed by atoms with E-state index < -0.39 is 14.7 Å². The van der Waals surface area contributed by atoms with Gasteiger partial charge in [0.15, 0.2) is 0 Å². The normalized spacial score (nSPS) is 11.4. The van der Waals surface area contributed by atoms with Crippen molar-refractivity contribution in [1.29, 1.82) is 0 Å². The summed E-state index contributed by atoms with van der Waals surface area (Å²) in [5.74, 6) is 0.260. The number of rotatable bonds is 13. The Hall–Kier alpha value is -5.17. The van der Waals surface area contributed by atoms with E-state index in [2.05, 4.69) is 51.2 Å². The predicted octanol–water partition coefficient (Wildman–Crippen LogP) is 9.06. The molecule has 0 atom stereocenters. The van der Waals surface area contributed by atoms with Crippen LogP contribution in [0.15, 0.2) is 107 Å². The Kier molecular flexibility index (Phi) is 12.7. The number of ether oxygens (including phenoxy) is 2. The second-order valence-electron chi connectivity index (χ2n) is 13.3. The van der Waals surface area contributed by atoms with Crippen molar-refractivity contribution in [2.24, 2.45) is 0 Å². The van der Waals surface area contributed by atoms with Crippen molar-refractivity contribution in [3.63, 3.8) is 0 Å². The fourth-order valence-corrected chi connectivity index (χ4v) is 6.19. The van der Waals surface area contributed by atoms with E-state index in [0.29, 0.717) is 25.0 Å². The van der Waals surface area contributed by atoms with Crippen LogP contribution < -0.4 is 21.2 Å². The molecule has 0 aliphatic carbocycles. The number of hydrogen-bond donors (Lipinski definition) is 2. The zero-order valence-electron chi connectivity index (χ0n) is 29.2. The van der Waals surface area contributed by atoms with Gasteiger partial charge in [-0.1, -0.05) is 56.0 Å². The molecular weight excluding hydrogens is 704 g/mol. The number of benzene rings is 3. The SMILES string of the molecule is C=Cc1ccc2c(ccc(=O)n2COCC[Si](C)(C)C)c1.O=c1ccc2cc(CCc3cnc(Nc4ccc(OC(F)F)c(Cl)c4)nc3)ccc2[nH]1. The van der Waals surface area contributed by atoms with Gasteiger partial charge >= 0.3 is 6.61 Å². The van der Waals surface area contributed by atoms with E-state index >= 15 is 0 Å². The molecule has 3 aromatic carbocycles. The van der Waals surface area contributed by atoms with Crippen molar-refractivity contribution >= 4 is 59.2 Å². The summed E-state index contributed by atoms with van der Waals surface area (Å²) >= 11 is 5.95. The third-order valence-corrected chi connectivity index (χ3v) is 10.1. The average molecular weight is 744 g/mol. The highest BCUT2D eigenvalue weighted by atomic mass is 35.5. The Labute approximate surface area is 306 Å². The molecule has 0 fully saturated rings. The lowest BCUT2D eigenvalue weighted by atomic mass is 10.0. The number of aromatic amines is 1. The summed E-state index contributed by atoms with van der Waals surface area (Å²) in [5, 5.41) is 5.04. The molecular formula is C39H40ClF2N5O4Si. The third-order valence-electron chi connectivity index (χ3n) is 8.07. The van der Waals surface area contributed by atoms with E-state index in [1.807, 2.05) is 42.5 Å². The van der Waals surface area contributed by atoms with Crippen molar-refractivity contribution in [2.45, 2.75) is 51.9 Å². The number of alkyl halides is 2. The van der Waals surface area contributed by atoms with Gasteiger partial charge in [-0.3, -0.25) is 14.2 Å². The van der Waals surface area contributed by atoms with Crippen LogP contribution in [0.3, 0.4) is 0 Å². The molecule has 3 aromatic heterocycles. The van der Waals surface area contributed by atoms with E-state index in [1.165, 1.54) is 18.2 Å².